The van der Waals surface area contributed by atoms with E-state index in [2.05, 4.69) is 15.2 Å². The summed E-state index contributed by atoms with van der Waals surface area (Å²) in [4.78, 5) is 6.54. The minimum Gasteiger partial charge on any atom is -0.459 e. The molecule has 4 heteroatoms. The summed E-state index contributed by atoms with van der Waals surface area (Å²) in [5, 5.41) is 3.30. The Hall–Kier alpha value is -1.55. The molecule has 1 fully saturated rings. The summed E-state index contributed by atoms with van der Waals surface area (Å²) in [6, 6.07) is 3.83. The maximum absolute atomic E-state index is 5.49. The normalized spacial score (nSPS) is 19.1. The smallest absolute Gasteiger partial charge is 0.176 e. The highest BCUT2D eigenvalue weighted by Crippen LogP contribution is 2.32. The maximum Gasteiger partial charge on any atom is 0.176 e. The van der Waals surface area contributed by atoms with E-state index >= 15 is 0 Å². The molecular weight excluding hydrogens is 178 g/mol. The van der Waals surface area contributed by atoms with Crippen LogP contribution in [0.1, 0.15) is 0 Å². The van der Waals surface area contributed by atoms with Crippen LogP contribution < -0.4 is 15.0 Å². The summed E-state index contributed by atoms with van der Waals surface area (Å²) in [6.07, 6.45) is 3.60. The van der Waals surface area contributed by atoms with Crippen molar-refractivity contribution in [1.29, 1.82) is 0 Å². The van der Waals surface area contributed by atoms with E-state index in [0.29, 0.717) is 0 Å². The van der Waals surface area contributed by atoms with Crippen LogP contribution in [0.2, 0.25) is 0 Å². The summed E-state index contributed by atoms with van der Waals surface area (Å²) in [5.41, 5.74) is 1.16. The molecule has 3 rings (SSSR count). The molecule has 1 aromatic rings. The zero-order valence-electron chi connectivity index (χ0n) is 7.73. The fraction of sp³-hybridized carbons (Fsp3) is 0.300. The van der Waals surface area contributed by atoms with Crippen LogP contribution >= 0.6 is 0 Å². The molecule has 3 heterocycles. The lowest BCUT2D eigenvalue weighted by molar-refractivity contribution is 0.444. The molecule has 2 aliphatic heterocycles. The first kappa shape index (κ1) is 7.82. The second-order valence-electron chi connectivity index (χ2n) is 3.38. The molecule has 14 heavy (non-hydrogen) atoms. The number of piperazine rings is 1. The van der Waals surface area contributed by atoms with Crippen molar-refractivity contribution in [3.8, 4) is 5.75 Å². The Balaban J connectivity index is 2.05. The first-order valence-electron chi connectivity index (χ1n) is 4.74. The molecule has 0 spiro atoms. The number of fused-ring (bicyclic) bond motifs is 3. The zero-order chi connectivity index (χ0) is 9.38. The lowest BCUT2D eigenvalue weighted by Gasteiger charge is -2.34. The van der Waals surface area contributed by atoms with Crippen LogP contribution in [0.3, 0.4) is 0 Å². The lowest BCUT2D eigenvalue weighted by atomic mass is 10.2. The van der Waals surface area contributed by atoms with Gasteiger partial charge in [0.15, 0.2) is 11.6 Å². The summed E-state index contributed by atoms with van der Waals surface area (Å²) < 4.78 is 5.49. The third kappa shape index (κ3) is 1.08. The Morgan fingerprint density at radius 1 is 1.50 bits per heavy atom. The van der Waals surface area contributed by atoms with Gasteiger partial charge < -0.3 is 15.0 Å². The van der Waals surface area contributed by atoms with E-state index in [-0.39, 0.29) is 0 Å². The van der Waals surface area contributed by atoms with E-state index < -0.39 is 0 Å². The summed E-state index contributed by atoms with van der Waals surface area (Å²) in [6.45, 7) is 2.81. The van der Waals surface area contributed by atoms with Crippen LogP contribution in [0.25, 0.3) is 0 Å². The molecule has 0 radical (unpaired) electrons. The van der Waals surface area contributed by atoms with Crippen molar-refractivity contribution in [2.45, 2.75) is 0 Å². The third-order valence-electron chi connectivity index (χ3n) is 2.49. The Labute approximate surface area is 82.2 Å². The highest BCUT2D eigenvalue weighted by molar-refractivity contribution is 5.59. The average Bonchev–Trinajstić information content (AvgIpc) is 2.29. The van der Waals surface area contributed by atoms with Gasteiger partial charge in [-0.2, -0.15) is 0 Å². The minimum atomic E-state index is 0.846. The number of rotatable bonds is 0. The predicted octanol–water partition coefficient (Wildman–Crippen LogP) is 0.725. The van der Waals surface area contributed by atoms with Gasteiger partial charge in [-0.15, -0.1) is 0 Å². The molecule has 0 bridgehead atoms. The van der Waals surface area contributed by atoms with Crippen LogP contribution in [0, 0.1) is 0 Å². The first-order chi connectivity index (χ1) is 6.95. The average molecular weight is 189 g/mol. The van der Waals surface area contributed by atoms with Crippen molar-refractivity contribution in [1.82, 2.24) is 10.3 Å². The summed E-state index contributed by atoms with van der Waals surface area (Å²) in [7, 11) is 0. The molecule has 1 aromatic heterocycles. The van der Waals surface area contributed by atoms with Crippen LogP contribution in [0.15, 0.2) is 30.3 Å². The van der Waals surface area contributed by atoms with Gasteiger partial charge in [-0.25, -0.2) is 4.98 Å². The SMILES string of the molecule is C1=C2CNCCN2c2ncccc2O1. The second-order valence-corrected chi connectivity index (χ2v) is 3.38. The fourth-order valence-electron chi connectivity index (χ4n) is 1.80. The van der Waals surface area contributed by atoms with E-state index in [9.17, 15) is 0 Å². The summed E-state index contributed by atoms with van der Waals surface area (Å²) in [5.74, 6) is 1.78. The molecule has 0 atom stereocenters. The van der Waals surface area contributed by atoms with Crippen LogP contribution in [-0.4, -0.2) is 24.6 Å². The number of hydrogen-bond donors (Lipinski definition) is 1. The van der Waals surface area contributed by atoms with Gasteiger partial charge in [-0.3, -0.25) is 0 Å². The van der Waals surface area contributed by atoms with Crippen molar-refractivity contribution < 1.29 is 4.74 Å². The van der Waals surface area contributed by atoms with Crippen LogP contribution in [0.4, 0.5) is 5.82 Å². The molecule has 2 aliphatic rings. The monoisotopic (exact) mass is 189 g/mol. The summed E-state index contributed by atoms with van der Waals surface area (Å²) >= 11 is 0. The molecule has 1 saturated heterocycles. The molecular formula is C10H11N3O. The molecule has 0 aromatic carbocycles. The molecule has 72 valence electrons. The third-order valence-corrected chi connectivity index (χ3v) is 2.49. The molecule has 1 N–H and O–H groups in total. The number of aromatic nitrogens is 1. The van der Waals surface area contributed by atoms with Gasteiger partial charge in [0.2, 0.25) is 0 Å². The Morgan fingerprint density at radius 3 is 3.50 bits per heavy atom. The van der Waals surface area contributed by atoms with E-state index in [1.807, 2.05) is 12.1 Å². The van der Waals surface area contributed by atoms with Gasteiger partial charge in [0.1, 0.15) is 6.26 Å². The highest BCUT2D eigenvalue weighted by Gasteiger charge is 2.24. The minimum absolute atomic E-state index is 0.846. The first-order valence-corrected chi connectivity index (χ1v) is 4.74. The van der Waals surface area contributed by atoms with Gasteiger partial charge in [0, 0.05) is 25.8 Å². The van der Waals surface area contributed by atoms with Gasteiger partial charge in [0.05, 0.1) is 5.70 Å². The Kier molecular flexibility index (Phi) is 1.67. The van der Waals surface area contributed by atoms with E-state index in [4.69, 9.17) is 4.74 Å². The van der Waals surface area contributed by atoms with E-state index in [1.165, 1.54) is 0 Å². The van der Waals surface area contributed by atoms with Crippen molar-refractivity contribution >= 4 is 5.82 Å². The predicted molar refractivity (Wildman–Crippen MR) is 53.2 cm³/mol. The van der Waals surface area contributed by atoms with E-state index in [0.717, 1.165) is 36.9 Å². The van der Waals surface area contributed by atoms with Crippen molar-refractivity contribution in [2.24, 2.45) is 0 Å². The van der Waals surface area contributed by atoms with Crippen molar-refractivity contribution in [3.05, 3.63) is 30.3 Å². The van der Waals surface area contributed by atoms with Gasteiger partial charge in [0.25, 0.3) is 0 Å². The van der Waals surface area contributed by atoms with Gasteiger partial charge in [-0.05, 0) is 12.1 Å². The zero-order valence-corrected chi connectivity index (χ0v) is 7.73. The lowest BCUT2D eigenvalue weighted by Crippen LogP contribution is -2.43. The molecule has 0 saturated carbocycles. The molecule has 0 amide bonds. The van der Waals surface area contributed by atoms with Crippen molar-refractivity contribution in [3.63, 3.8) is 0 Å². The van der Waals surface area contributed by atoms with Crippen LogP contribution in [-0.2, 0) is 0 Å². The number of pyridine rings is 1. The van der Waals surface area contributed by atoms with Gasteiger partial charge >= 0.3 is 0 Å². The molecule has 0 unspecified atom stereocenters. The molecule has 0 aliphatic carbocycles. The number of nitrogens with zero attached hydrogens (tertiary/aromatic N) is 2. The molecule has 4 nitrogen and oxygen atoms in total. The number of ether oxygens (including phenoxy) is 1. The standard InChI is InChI=1S/C10H11N3O/c1-2-9-10(12-3-1)13-5-4-11-6-8(13)7-14-9/h1-3,7,11H,4-6H2. The maximum atomic E-state index is 5.49. The topological polar surface area (TPSA) is 37.4 Å². The second kappa shape index (κ2) is 2.99. The van der Waals surface area contributed by atoms with E-state index in [1.54, 1.807) is 12.5 Å². The largest absolute Gasteiger partial charge is 0.459 e. The van der Waals surface area contributed by atoms with Crippen LogP contribution in [0.5, 0.6) is 5.75 Å². The quantitative estimate of drug-likeness (QED) is 0.652. The van der Waals surface area contributed by atoms with Crippen molar-refractivity contribution in [2.75, 3.05) is 24.5 Å². The number of anilines is 1. The number of nitrogens with one attached hydrogen (secondary N) is 1. The number of hydrogen-bond acceptors (Lipinski definition) is 4. The fourth-order valence-corrected chi connectivity index (χ4v) is 1.80. The Morgan fingerprint density at radius 2 is 2.50 bits per heavy atom. The highest BCUT2D eigenvalue weighted by atomic mass is 16.5. The van der Waals surface area contributed by atoms with Gasteiger partial charge in [-0.1, -0.05) is 0 Å². The Bertz CT molecular complexity index is 389.